The Kier molecular flexibility index (Phi) is 2.64. The van der Waals surface area contributed by atoms with Crippen molar-refractivity contribution in [2.75, 3.05) is 0 Å². The normalized spacial score (nSPS) is 10.1. The number of phenolic OH excluding ortho intramolecular Hbond substituents is 1. The van der Waals surface area contributed by atoms with Crippen molar-refractivity contribution >= 4 is 6.29 Å². The Balaban J connectivity index is 2.59. The minimum absolute atomic E-state index is 0.0237. The summed E-state index contributed by atoms with van der Waals surface area (Å²) in [4.78, 5) is 18.6. The predicted octanol–water partition coefficient (Wildman–Crippen LogP) is 1.97. The van der Waals surface area contributed by atoms with E-state index in [0.717, 1.165) is 11.1 Å². The minimum atomic E-state index is 0.0237. The van der Waals surface area contributed by atoms with Crippen LogP contribution < -0.4 is 0 Å². The third-order valence-electron chi connectivity index (χ3n) is 2.35. The van der Waals surface area contributed by atoms with E-state index in [1.807, 2.05) is 0 Å². The van der Waals surface area contributed by atoms with Crippen molar-refractivity contribution in [1.82, 2.24) is 9.97 Å². The van der Waals surface area contributed by atoms with E-state index in [0.29, 0.717) is 11.8 Å². The zero-order valence-electron chi connectivity index (χ0n) is 8.71. The molecule has 4 heteroatoms. The molecule has 0 aliphatic heterocycles. The average molecular weight is 214 g/mol. The summed E-state index contributed by atoms with van der Waals surface area (Å²) in [6.45, 7) is 1.75. The van der Waals surface area contributed by atoms with Gasteiger partial charge in [0.2, 0.25) is 0 Å². The van der Waals surface area contributed by atoms with Crippen molar-refractivity contribution in [1.29, 1.82) is 0 Å². The molecule has 0 saturated heterocycles. The molecule has 0 unspecified atom stereocenters. The summed E-state index contributed by atoms with van der Waals surface area (Å²) in [6.07, 6.45) is 5.40. The van der Waals surface area contributed by atoms with Crippen molar-refractivity contribution in [3.05, 3.63) is 42.0 Å². The molecule has 1 heterocycles. The first-order valence-electron chi connectivity index (χ1n) is 4.76. The van der Waals surface area contributed by atoms with Gasteiger partial charge in [-0.05, 0) is 30.2 Å². The van der Waals surface area contributed by atoms with Crippen LogP contribution in [0.25, 0.3) is 11.1 Å². The summed E-state index contributed by atoms with van der Waals surface area (Å²) in [5.74, 6) is 0.0237. The van der Waals surface area contributed by atoms with Gasteiger partial charge in [-0.15, -0.1) is 0 Å². The van der Waals surface area contributed by atoms with E-state index in [4.69, 9.17) is 0 Å². The molecule has 2 aromatic rings. The van der Waals surface area contributed by atoms with Crippen LogP contribution in [0.4, 0.5) is 0 Å². The number of benzene rings is 1. The highest BCUT2D eigenvalue weighted by Gasteiger charge is 2.07. The van der Waals surface area contributed by atoms with Gasteiger partial charge in [0.15, 0.2) is 6.29 Å². The number of nitrogens with zero attached hydrogens (tertiary/aromatic N) is 2. The Bertz CT molecular complexity index is 524. The maximum atomic E-state index is 10.8. The smallest absolute Gasteiger partial charge is 0.153 e. The number of aryl methyl sites for hydroxylation is 1. The molecule has 0 amide bonds. The molecule has 0 saturated carbocycles. The van der Waals surface area contributed by atoms with Crippen LogP contribution >= 0.6 is 0 Å². The summed E-state index contributed by atoms with van der Waals surface area (Å²) < 4.78 is 0. The van der Waals surface area contributed by atoms with E-state index in [1.54, 1.807) is 31.5 Å². The van der Waals surface area contributed by atoms with Crippen LogP contribution in [0.1, 0.15) is 15.9 Å². The lowest BCUT2D eigenvalue weighted by atomic mass is 10.0. The van der Waals surface area contributed by atoms with Gasteiger partial charge in [-0.2, -0.15) is 0 Å². The number of rotatable bonds is 2. The van der Waals surface area contributed by atoms with Crippen LogP contribution in [0, 0.1) is 6.92 Å². The first-order valence-corrected chi connectivity index (χ1v) is 4.76. The maximum Gasteiger partial charge on any atom is 0.153 e. The van der Waals surface area contributed by atoms with Crippen molar-refractivity contribution in [3.63, 3.8) is 0 Å². The summed E-state index contributed by atoms with van der Waals surface area (Å²) in [7, 11) is 0. The molecule has 4 nitrogen and oxygen atoms in total. The average Bonchev–Trinajstić information content (AvgIpc) is 2.33. The highest BCUT2D eigenvalue weighted by molar-refractivity contribution is 5.83. The molecule has 1 aromatic carbocycles. The van der Waals surface area contributed by atoms with E-state index in [9.17, 15) is 9.90 Å². The highest BCUT2D eigenvalue weighted by Crippen LogP contribution is 2.27. The van der Waals surface area contributed by atoms with E-state index in [-0.39, 0.29) is 11.3 Å². The molecule has 0 aliphatic carbocycles. The quantitative estimate of drug-likeness (QED) is 0.776. The van der Waals surface area contributed by atoms with Crippen molar-refractivity contribution in [2.45, 2.75) is 6.92 Å². The zero-order chi connectivity index (χ0) is 11.5. The Morgan fingerprint density at radius 1 is 1.19 bits per heavy atom. The standard InChI is InChI=1S/C12H10N2O2/c1-8-2-9(3-10(6-15)12(8)16)11-4-13-7-14-5-11/h2-7,16H,1H3. The highest BCUT2D eigenvalue weighted by atomic mass is 16.3. The lowest BCUT2D eigenvalue weighted by molar-refractivity contribution is 0.112. The number of aromatic hydroxyl groups is 1. The number of aldehydes is 1. The third kappa shape index (κ3) is 1.77. The third-order valence-corrected chi connectivity index (χ3v) is 2.35. The van der Waals surface area contributed by atoms with Crippen molar-refractivity contribution in [3.8, 4) is 16.9 Å². The lowest BCUT2D eigenvalue weighted by Gasteiger charge is -2.06. The second-order valence-electron chi connectivity index (χ2n) is 3.48. The fourth-order valence-corrected chi connectivity index (χ4v) is 1.51. The SMILES string of the molecule is Cc1cc(-c2cncnc2)cc(C=O)c1O. The Hall–Kier alpha value is -2.23. The molecule has 16 heavy (non-hydrogen) atoms. The molecule has 0 fully saturated rings. The topological polar surface area (TPSA) is 63.1 Å². The molecule has 80 valence electrons. The number of aromatic nitrogens is 2. The Labute approximate surface area is 92.6 Å². The summed E-state index contributed by atoms with van der Waals surface area (Å²) >= 11 is 0. The second-order valence-corrected chi connectivity index (χ2v) is 3.48. The molecular formula is C12H10N2O2. The number of carbonyl (C=O) groups is 1. The first-order chi connectivity index (χ1) is 7.72. The van der Waals surface area contributed by atoms with Crippen LogP contribution in [0.15, 0.2) is 30.9 Å². The molecular weight excluding hydrogens is 204 g/mol. The molecule has 0 bridgehead atoms. The van der Waals surface area contributed by atoms with Crippen LogP contribution in [-0.2, 0) is 0 Å². The maximum absolute atomic E-state index is 10.8. The predicted molar refractivity (Wildman–Crippen MR) is 59.3 cm³/mol. The van der Waals surface area contributed by atoms with Gasteiger partial charge in [0.25, 0.3) is 0 Å². The van der Waals surface area contributed by atoms with Crippen LogP contribution in [0.5, 0.6) is 5.75 Å². The summed E-state index contributed by atoms with van der Waals surface area (Å²) in [5, 5.41) is 9.61. The monoisotopic (exact) mass is 214 g/mol. The van der Waals surface area contributed by atoms with Crippen LogP contribution in [0.3, 0.4) is 0 Å². The van der Waals surface area contributed by atoms with E-state index in [2.05, 4.69) is 9.97 Å². The first kappa shape index (κ1) is 10.3. The van der Waals surface area contributed by atoms with E-state index in [1.165, 1.54) is 6.33 Å². The largest absolute Gasteiger partial charge is 0.507 e. The fourth-order valence-electron chi connectivity index (χ4n) is 1.51. The van der Waals surface area contributed by atoms with Gasteiger partial charge in [-0.3, -0.25) is 4.79 Å². The number of hydrogen-bond donors (Lipinski definition) is 1. The van der Waals surface area contributed by atoms with Gasteiger partial charge < -0.3 is 5.11 Å². The van der Waals surface area contributed by atoms with Crippen molar-refractivity contribution < 1.29 is 9.90 Å². The molecule has 0 radical (unpaired) electrons. The van der Waals surface area contributed by atoms with E-state index < -0.39 is 0 Å². The Morgan fingerprint density at radius 3 is 2.50 bits per heavy atom. The van der Waals surface area contributed by atoms with Gasteiger partial charge in [0.05, 0.1) is 5.56 Å². The number of carbonyl (C=O) groups excluding carboxylic acids is 1. The Morgan fingerprint density at radius 2 is 1.88 bits per heavy atom. The number of hydrogen-bond acceptors (Lipinski definition) is 4. The molecule has 0 aliphatic rings. The fraction of sp³-hybridized carbons (Fsp3) is 0.0833. The van der Waals surface area contributed by atoms with Crippen molar-refractivity contribution in [2.24, 2.45) is 0 Å². The minimum Gasteiger partial charge on any atom is -0.507 e. The van der Waals surface area contributed by atoms with Crippen LogP contribution in [0.2, 0.25) is 0 Å². The summed E-state index contributed by atoms with van der Waals surface area (Å²) in [5.41, 5.74) is 2.56. The molecule has 0 atom stereocenters. The van der Waals surface area contributed by atoms with Gasteiger partial charge >= 0.3 is 0 Å². The van der Waals surface area contributed by atoms with E-state index >= 15 is 0 Å². The molecule has 1 N–H and O–H groups in total. The van der Waals surface area contributed by atoms with Gasteiger partial charge in [0, 0.05) is 18.0 Å². The number of phenols is 1. The molecule has 1 aromatic heterocycles. The second kappa shape index (κ2) is 4.10. The van der Waals surface area contributed by atoms with Gasteiger partial charge in [-0.25, -0.2) is 9.97 Å². The summed E-state index contributed by atoms with van der Waals surface area (Å²) in [6, 6.07) is 3.41. The van der Waals surface area contributed by atoms with Crippen LogP contribution in [-0.4, -0.2) is 21.4 Å². The zero-order valence-corrected chi connectivity index (χ0v) is 8.71. The molecule has 2 rings (SSSR count). The van der Waals surface area contributed by atoms with Gasteiger partial charge in [0.1, 0.15) is 12.1 Å². The lowest BCUT2D eigenvalue weighted by Crippen LogP contribution is -1.89. The molecule has 0 spiro atoms. The van der Waals surface area contributed by atoms with Gasteiger partial charge in [-0.1, -0.05) is 0 Å².